The van der Waals surface area contributed by atoms with Crippen LogP contribution in [0.4, 0.5) is 5.69 Å². The van der Waals surface area contributed by atoms with Crippen LogP contribution < -0.4 is 5.43 Å². The molecule has 0 saturated carbocycles. The Kier molecular flexibility index (Phi) is 4.76. The summed E-state index contributed by atoms with van der Waals surface area (Å²) in [6.07, 6.45) is 0. The normalized spacial score (nSPS) is 16.3. The lowest BCUT2D eigenvalue weighted by molar-refractivity contribution is -0.112. The van der Waals surface area contributed by atoms with Crippen molar-refractivity contribution in [2.24, 2.45) is 5.10 Å². The zero-order chi connectivity index (χ0) is 13.7. The number of ether oxygens (including phenoxy) is 1. The van der Waals surface area contributed by atoms with Crippen molar-refractivity contribution in [3.05, 3.63) is 29.3 Å². The van der Waals surface area contributed by atoms with Gasteiger partial charge in [0.1, 0.15) is 0 Å². The summed E-state index contributed by atoms with van der Waals surface area (Å²) < 4.78 is 5.26. The number of nitrogens with zero attached hydrogens (tertiary/aromatic N) is 2. The third-order valence-corrected chi connectivity index (χ3v) is 3.01. The van der Waals surface area contributed by atoms with Gasteiger partial charge in [-0.3, -0.25) is 10.2 Å². The maximum atomic E-state index is 11.6. The monoisotopic (exact) mass is 281 g/mol. The largest absolute Gasteiger partial charge is 0.378 e. The minimum atomic E-state index is -0.0663. The highest BCUT2D eigenvalue weighted by molar-refractivity contribution is 6.37. The number of morpholine rings is 1. The van der Waals surface area contributed by atoms with Gasteiger partial charge in [-0.05, 0) is 24.3 Å². The highest BCUT2D eigenvalue weighted by atomic mass is 35.5. The van der Waals surface area contributed by atoms with E-state index in [9.17, 15) is 4.79 Å². The maximum Gasteiger partial charge on any atom is 0.196 e. The van der Waals surface area contributed by atoms with Crippen LogP contribution in [0.25, 0.3) is 0 Å². The summed E-state index contributed by atoms with van der Waals surface area (Å²) in [6.45, 7) is 4.11. The molecule has 0 atom stereocenters. The molecule has 1 saturated heterocycles. The Morgan fingerprint density at radius 2 is 1.95 bits per heavy atom. The number of anilines is 1. The van der Waals surface area contributed by atoms with Gasteiger partial charge >= 0.3 is 0 Å². The first-order valence-electron chi connectivity index (χ1n) is 6.10. The summed E-state index contributed by atoms with van der Waals surface area (Å²) in [5.74, 6) is 0.363. The van der Waals surface area contributed by atoms with E-state index < -0.39 is 0 Å². The van der Waals surface area contributed by atoms with Crippen molar-refractivity contribution in [2.45, 2.75) is 6.92 Å². The number of hydrogen-bond acceptors (Lipinski definition) is 4. The van der Waals surface area contributed by atoms with Crippen LogP contribution in [-0.2, 0) is 9.53 Å². The molecule has 19 heavy (non-hydrogen) atoms. The quantitative estimate of drug-likeness (QED) is 0.523. The average Bonchev–Trinajstić information content (AvgIpc) is 2.42. The van der Waals surface area contributed by atoms with Crippen molar-refractivity contribution >= 4 is 28.9 Å². The van der Waals surface area contributed by atoms with Gasteiger partial charge in [0.25, 0.3) is 0 Å². The van der Waals surface area contributed by atoms with Gasteiger partial charge in [0.2, 0.25) is 0 Å². The molecule has 1 fully saturated rings. The van der Waals surface area contributed by atoms with Crippen molar-refractivity contribution < 1.29 is 9.53 Å². The molecule has 1 aliphatic heterocycles. The molecule has 102 valence electrons. The van der Waals surface area contributed by atoms with Crippen molar-refractivity contribution in [2.75, 3.05) is 31.7 Å². The van der Waals surface area contributed by atoms with Crippen molar-refractivity contribution in [3.8, 4) is 0 Å². The summed E-state index contributed by atoms with van der Waals surface area (Å²) in [7, 11) is 0. The molecule has 2 rings (SSSR count). The van der Waals surface area contributed by atoms with Crippen molar-refractivity contribution in [3.63, 3.8) is 0 Å². The molecular weight excluding hydrogens is 266 g/mol. The number of carbonyl (C=O) groups is 1. The van der Waals surface area contributed by atoms with Crippen LogP contribution in [0, 0.1) is 0 Å². The third kappa shape index (κ3) is 3.94. The topological polar surface area (TPSA) is 53.9 Å². The SMILES string of the molecule is CC(=O)C(=NNc1ccc(Cl)cc1)N1CCOCC1. The van der Waals surface area contributed by atoms with E-state index in [0.29, 0.717) is 37.2 Å². The summed E-state index contributed by atoms with van der Waals surface area (Å²) in [5, 5.41) is 4.85. The number of amidine groups is 1. The number of ketones is 1. The lowest BCUT2D eigenvalue weighted by atomic mass is 10.3. The van der Waals surface area contributed by atoms with Crippen molar-refractivity contribution in [1.29, 1.82) is 0 Å². The Hall–Kier alpha value is -1.59. The Morgan fingerprint density at radius 1 is 1.32 bits per heavy atom. The van der Waals surface area contributed by atoms with E-state index in [4.69, 9.17) is 16.3 Å². The van der Waals surface area contributed by atoms with Gasteiger partial charge < -0.3 is 9.64 Å². The average molecular weight is 282 g/mol. The van der Waals surface area contributed by atoms with Crippen LogP contribution >= 0.6 is 11.6 Å². The fourth-order valence-electron chi connectivity index (χ4n) is 1.79. The molecule has 0 aliphatic carbocycles. The number of benzene rings is 1. The first-order valence-corrected chi connectivity index (χ1v) is 6.47. The smallest absolute Gasteiger partial charge is 0.196 e. The Balaban J connectivity index is 2.07. The number of Topliss-reactive ketones (excluding diaryl/α,β-unsaturated/α-hetero) is 1. The third-order valence-electron chi connectivity index (χ3n) is 2.76. The zero-order valence-electron chi connectivity index (χ0n) is 10.7. The van der Waals surface area contributed by atoms with Crippen LogP contribution in [0.3, 0.4) is 0 Å². The van der Waals surface area contributed by atoms with Crippen molar-refractivity contribution in [1.82, 2.24) is 4.90 Å². The first kappa shape index (κ1) is 13.8. The molecule has 1 aromatic rings. The minimum Gasteiger partial charge on any atom is -0.378 e. The van der Waals surface area contributed by atoms with E-state index in [2.05, 4.69) is 10.5 Å². The van der Waals surface area contributed by atoms with Gasteiger partial charge in [0.15, 0.2) is 11.6 Å². The van der Waals surface area contributed by atoms with Gasteiger partial charge in [-0.2, -0.15) is 5.10 Å². The first-order chi connectivity index (χ1) is 9.16. The van der Waals surface area contributed by atoms with Crippen LogP contribution in [0.15, 0.2) is 29.4 Å². The van der Waals surface area contributed by atoms with Crippen LogP contribution in [0.2, 0.25) is 5.02 Å². The molecule has 1 N–H and O–H groups in total. The molecule has 6 heteroatoms. The van der Waals surface area contributed by atoms with Gasteiger partial charge in [0.05, 0.1) is 18.9 Å². The Morgan fingerprint density at radius 3 is 2.53 bits per heavy atom. The fraction of sp³-hybridized carbons (Fsp3) is 0.385. The molecule has 0 amide bonds. The second kappa shape index (κ2) is 6.54. The Labute approximate surface area is 117 Å². The van der Waals surface area contributed by atoms with Gasteiger partial charge in [-0.15, -0.1) is 0 Å². The summed E-state index contributed by atoms with van der Waals surface area (Å²) in [6, 6.07) is 7.15. The second-order valence-electron chi connectivity index (χ2n) is 4.21. The summed E-state index contributed by atoms with van der Waals surface area (Å²) in [5.41, 5.74) is 3.66. The zero-order valence-corrected chi connectivity index (χ0v) is 11.5. The van der Waals surface area contributed by atoms with Crippen LogP contribution in [0.5, 0.6) is 0 Å². The maximum absolute atomic E-state index is 11.6. The molecule has 0 radical (unpaired) electrons. The number of hydrazone groups is 1. The van der Waals surface area contributed by atoms with Gasteiger partial charge in [-0.1, -0.05) is 11.6 Å². The number of hydrogen-bond donors (Lipinski definition) is 1. The van der Waals surface area contributed by atoms with Crippen LogP contribution in [0.1, 0.15) is 6.92 Å². The molecule has 1 heterocycles. The van der Waals surface area contributed by atoms with E-state index in [1.165, 1.54) is 6.92 Å². The molecule has 5 nitrogen and oxygen atoms in total. The number of nitrogens with one attached hydrogen (secondary N) is 1. The number of halogens is 1. The lowest BCUT2D eigenvalue weighted by Gasteiger charge is -2.28. The van der Waals surface area contributed by atoms with Gasteiger partial charge in [0, 0.05) is 25.0 Å². The second-order valence-corrected chi connectivity index (χ2v) is 4.65. The predicted octanol–water partition coefficient (Wildman–Crippen LogP) is 1.99. The van der Waals surface area contributed by atoms with E-state index in [-0.39, 0.29) is 5.78 Å². The summed E-state index contributed by atoms with van der Waals surface area (Å²) >= 11 is 5.81. The molecule has 0 aromatic heterocycles. The van der Waals surface area contributed by atoms with E-state index in [1.807, 2.05) is 17.0 Å². The molecule has 0 bridgehead atoms. The predicted molar refractivity (Wildman–Crippen MR) is 75.6 cm³/mol. The molecule has 1 aromatic carbocycles. The molecule has 1 aliphatic rings. The molecule has 0 spiro atoms. The van der Waals surface area contributed by atoms with E-state index in [1.54, 1.807) is 12.1 Å². The highest BCUT2D eigenvalue weighted by Gasteiger charge is 2.18. The standard InChI is InChI=1S/C13H16ClN3O2/c1-10(18)13(17-6-8-19-9-7-17)16-15-12-4-2-11(14)3-5-12/h2-5,15H,6-9H2,1H3. The lowest BCUT2D eigenvalue weighted by Crippen LogP contribution is -2.44. The molecule has 0 unspecified atom stereocenters. The number of rotatable bonds is 3. The minimum absolute atomic E-state index is 0.0663. The summed E-state index contributed by atoms with van der Waals surface area (Å²) in [4.78, 5) is 13.6. The van der Waals surface area contributed by atoms with Crippen LogP contribution in [-0.4, -0.2) is 42.8 Å². The molecular formula is C13H16ClN3O2. The number of carbonyl (C=O) groups excluding carboxylic acids is 1. The highest BCUT2D eigenvalue weighted by Crippen LogP contribution is 2.13. The van der Waals surface area contributed by atoms with E-state index >= 15 is 0 Å². The fourth-order valence-corrected chi connectivity index (χ4v) is 1.92. The Bertz CT molecular complexity index is 467. The van der Waals surface area contributed by atoms with E-state index in [0.717, 1.165) is 5.69 Å². The van der Waals surface area contributed by atoms with Gasteiger partial charge in [-0.25, -0.2) is 0 Å².